The number of furan rings is 1. The van der Waals surface area contributed by atoms with Crippen LogP contribution >= 0.6 is 0 Å². The van der Waals surface area contributed by atoms with Crippen LogP contribution in [-0.4, -0.2) is 35.5 Å². The third-order valence-electron chi connectivity index (χ3n) is 4.20. The second-order valence-corrected chi connectivity index (χ2v) is 6.00. The summed E-state index contributed by atoms with van der Waals surface area (Å²) in [5, 5.41) is 9.06. The zero-order chi connectivity index (χ0) is 17.3. The highest BCUT2D eigenvalue weighted by Gasteiger charge is 2.28. The number of benzene rings is 1. The second-order valence-electron chi connectivity index (χ2n) is 6.00. The Morgan fingerprint density at radius 3 is 2.79 bits per heavy atom. The van der Waals surface area contributed by atoms with E-state index in [4.69, 9.17) is 14.3 Å². The number of carbonyl (C=O) groups excluding carboxylic acids is 1. The summed E-state index contributed by atoms with van der Waals surface area (Å²) in [5.74, 6) is 0.298. The minimum absolute atomic E-state index is 0.0459. The Hall–Kier alpha value is -2.76. The number of carbonyl (C=O) groups is 2. The molecule has 0 saturated heterocycles. The number of carboxylic acid groups (broad SMARTS) is 1. The highest BCUT2D eigenvalue weighted by Crippen LogP contribution is 2.28. The van der Waals surface area contributed by atoms with Gasteiger partial charge >= 0.3 is 5.97 Å². The van der Waals surface area contributed by atoms with Gasteiger partial charge in [0, 0.05) is 7.05 Å². The summed E-state index contributed by atoms with van der Waals surface area (Å²) in [6, 6.07) is 9.17. The van der Waals surface area contributed by atoms with Gasteiger partial charge in [-0.2, -0.15) is 0 Å². The van der Waals surface area contributed by atoms with Crippen LogP contribution in [0.1, 0.15) is 27.4 Å². The standard InChI is InChI=1S/C18H19NO5/c1-11-15(18(21)22)8-14(24-11)9-19(2)17(20)13-7-12-5-3-4-6-16(12)23-10-13/h3-6,8,13H,7,9-10H2,1-2H3,(H,21,22)/t13-/m1/s1. The fourth-order valence-electron chi connectivity index (χ4n) is 2.94. The van der Waals surface area contributed by atoms with Crippen molar-refractivity contribution >= 4 is 11.9 Å². The maximum absolute atomic E-state index is 12.6. The molecule has 6 heteroatoms. The molecule has 126 valence electrons. The summed E-state index contributed by atoms with van der Waals surface area (Å²) in [6.07, 6.45) is 0.636. The number of para-hydroxylation sites is 1. The molecular weight excluding hydrogens is 310 g/mol. The highest BCUT2D eigenvalue weighted by molar-refractivity contribution is 5.88. The van der Waals surface area contributed by atoms with E-state index in [1.165, 1.54) is 6.07 Å². The first-order chi connectivity index (χ1) is 11.5. The van der Waals surface area contributed by atoms with E-state index in [-0.39, 0.29) is 23.9 Å². The molecule has 6 nitrogen and oxygen atoms in total. The largest absolute Gasteiger partial charge is 0.492 e. The van der Waals surface area contributed by atoms with Crippen molar-refractivity contribution in [3.8, 4) is 5.75 Å². The number of amides is 1. The lowest BCUT2D eigenvalue weighted by Gasteiger charge is -2.27. The molecule has 1 aromatic carbocycles. The molecule has 1 aliphatic rings. The van der Waals surface area contributed by atoms with Gasteiger partial charge < -0.3 is 19.2 Å². The highest BCUT2D eigenvalue weighted by atomic mass is 16.5. The van der Waals surface area contributed by atoms with E-state index in [0.29, 0.717) is 24.5 Å². The smallest absolute Gasteiger partial charge is 0.339 e. The molecule has 0 radical (unpaired) electrons. The molecule has 0 unspecified atom stereocenters. The summed E-state index contributed by atoms with van der Waals surface area (Å²) in [5.41, 5.74) is 1.15. The average molecular weight is 329 g/mol. The van der Waals surface area contributed by atoms with Crippen LogP contribution in [0.5, 0.6) is 5.75 Å². The van der Waals surface area contributed by atoms with Gasteiger partial charge in [-0.05, 0) is 31.0 Å². The lowest BCUT2D eigenvalue weighted by molar-refractivity contribution is -0.136. The molecular formula is C18H19NO5. The van der Waals surface area contributed by atoms with E-state index in [1.54, 1.807) is 18.9 Å². The van der Waals surface area contributed by atoms with Crippen molar-refractivity contribution in [1.29, 1.82) is 0 Å². The van der Waals surface area contributed by atoms with Crippen LogP contribution in [0, 0.1) is 12.8 Å². The van der Waals surface area contributed by atoms with Crippen LogP contribution in [0.25, 0.3) is 0 Å². The molecule has 1 N–H and O–H groups in total. The molecule has 24 heavy (non-hydrogen) atoms. The van der Waals surface area contributed by atoms with Crippen molar-refractivity contribution in [3.63, 3.8) is 0 Å². The molecule has 1 amide bonds. The van der Waals surface area contributed by atoms with E-state index in [9.17, 15) is 9.59 Å². The summed E-state index contributed by atoms with van der Waals surface area (Å²) >= 11 is 0. The van der Waals surface area contributed by atoms with Gasteiger partial charge in [0.1, 0.15) is 29.4 Å². The first-order valence-corrected chi connectivity index (χ1v) is 7.74. The number of carboxylic acids is 1. The number of nitrogens with zero attached hydrogens (tertiary/aromatic N) is 1. The van der Waals surface area contributed by atoms with Crippen LogP contribution < -0.4 is 4.74 Å². The number of aromatic carboxylic acids is 1. The Labute approximate surface area is 139 Å². The molecule has 3 rings (SSSR count). The van der Waals surface area contributed by atoms with Crippen LogP contribution in [0.2, 0.25) is 0 Å². The fourth-order valence-corrected chi connectivity index (χ4v) is 2.94. The maximum Gasteiger partial charge on any atom is 0.339 e. The summed E-state index contributed by atoms with van der Waals surface area (Å²) in [6.45, 7) is 2.17. The molecule has 0 saturated carbocycles. The minimum Gasteiger partial charge on any atom is -0.492 e. The lowest BCUT2D eigenvalue weighted by Crippen LogP contribution is -2.38. The summed E-state index contributed by atoms with van der Waals surface area (Å²) in [4.78, 5) is 25.2. The maximum atomic E-state index is 12.6. The average Bonchev–Trinajstić information content (AvgIpc) is 2.94. The van der Waals surface area contributed by atoms with Gasteiger partial charge in [-0.1, -0.05) is 18.2 Å². The van der Waals surface area contributed by atoms with Gasteiger partial charge in [-0.15, -0.1) is 0 Å². The molecule has 2 heterocycles. The molecule has 1 atom stereocenters. The van der Waals surface area contributed by atoms with Crippen molar-refractivity contribution < 1.29 is 23.8 Å². The third kappa shape index (κ3) is 3.13. The third-order valence-corrected chi connectivity index (χ3v) is 4.20. The molecule has 0 spiro atoms. The van der Waals surface area contributed by atoms with Crippen molar-refractivity contribution in [2.75, 3.05) is 13.7 Å². The van der Waals surface area contributed by atoms with Gasteiger partial charge in [-0.3, -0.25) is 4.79 Å². The van der Waals surface area contributed by atoms with Crippen molar-refractivity contribution in [1.82, 2.24) is 4.90 Å². The van der Waals surface area contributed by atoms with E-state index >= 15 is 0 Å². The monoisotopic (exact) mass is 329 g/mol. The van der Waals surface area contributed by atoms with E-state index < -0.39 is 5.97 Å². The van der Waals surface area contributed by atoms with Gasteiger partial charge in [0.15, 0.2) is 0 Å². The Bertz CT molecular complexity index is 779. The van der Waals surface area contributed by atoms with Gasteiger partial charge in [0.2, 0.25) is 5.91 Å². The zero-order valence-electron chi connectivity index (χ0n) is 13.6. The predicted molar refractivity (Wildman–Crippen MR) is 86.0 cm³/mol. The summed E-state index contributed by atoms with van der Waals surface area (Å²) in [7, 11) is 1.68. The second kappa shape index (κ2) is 6.39. The number of ether oxygens (including phenoxy) is 1. The van der Waals surface area contributed by atoms with Crippen molar-refractivity contribution in [2.45, 2.75) is 19.9 Å². The molecule has 0 bridgehead atoms. The first kappa shape index (κ1) is 16.1. The Balaban J connectivity index is 1.67. The van der Waals surface area contributed by atoms with E-state index in [1.807, 2.05) is 24.3 Å². The number of rotatable bonds is 4. The number of hydrogen-bond acceptors (Lipinski definition) is 4. The Morgan fingerprint density at radius 2 is 2.08 bits per heavy atom. The SMILES string of the molecule is Cc1oc(CN(C)C(=O)[C@H]2COc3ccccc3C2)cc1C(=O)O. The predicted octanol–water partition coefficient (Wildman–Crippen LogP) is 2.50. The van der Waals surface area contributed by atoms with Crippen LogP contribution in [0.4, 0.5) is 0 Å². The number of hydrogen-bond donors (Lipinski definition) is 1. The lowest BCUT2D eigenvalue weighted by atomic mass is 9.95. The zero-order valence-corrected chi connectivity index (χ0v) is 13.6. The molecule has 0 fully saturated rings. The van der Waals surface area contributed by atoms with Crippen LogP contribution in [0.3, 0.4) is 0 Å². The molecule has 2 aromatic rings. The topological polar surface area (TPSA) is 80.0 Å². The Morgan fingerprint density at radius 1 is 1.33 bits per heavy atom. The van der Waals surface area contributed by atoms with Gasteiger partial charge in [0.05, 0.1) is 12.5 Å². The van der Waals surface area contributed by atoms with Crippen LogP contribution in [0.15, 0.2) is 34.7 Å². The molecule has 1 aromatic heterocycles. The number of aryl methyl sites for hydroxylation is 1. The normalized spacial score (nSPS) is 16.2. The van der Waals surface area contributed by atoms with Crippen molar-refractivity contribution in [2.24, 2.45) is 5.92 Å². The molecule has 0 aliphatic carbocycles. The van der Waals surface area contributed by atoms with Crippen molar-refractivity contribution in [3.05, 3.63) is 53.0 Å². The van der Waals surface area contributed by atoms with Gasteiger partial charge in [0.25, 0.3) is 0 Å². The first-order valence-electron chi connectivity index (χ1n) is 7.74. The Kier molecular flexibility index (Phi) is 4.29. The number of fused-ring (bicyclic) bond motifs is 1. The minimum atomic E-state index is -1.03. The van der Waals surface area contributed by atoms with Gasteiger partial charge in [-0.25, -0.2) is 4.79 Å². The quantitative estimate of drug-likeness (QED) is 0.932. The van der Waals surface area contributed by atoms with Crippen LogP contribution in [-0.2, 0) is 17.8 Å². The fraction of sp³-hybridized carbons (Fsp3) is 0.333. The van der Waals surface area contributed by atoms with E-state index in [0.717, 1.165) is 11.3 Å². The summed E-state index contributed by atoms with van der Waals surface area (Å²) < 4.78 is 11.1. The molecule has 1 aliphatic heterocycles. The van der Waals surface area contributed by atoms with E-state index in [2.05, 4.69) is 0 Å².